The van der Waals surface area contributed by atoms with Gasteiger partial charge in [0, 0.05) is 0 Å². The van der Waals surface area contributed by atoms with Gasteiger partial charge in [-0.25, -0.2) is 0 Å². The molecule has 0 aromatic heterocycles. The second-order valence-electron chi connectivity index (χ2n) is 13.6. The largest absolute Gasteiger partial charge is 0.0622 e. The first kappa shape index (κ1) is 30.1. The Hall–Kier alpha value is -6.76. The summed E-state index contributed by atoms with van der Waals surface area (Å²) in [6.07, 6.45) is 0. The van der Waals surface area contributed by atoms with Crippen LogP contribution in [-0.4, -0.2) is 0 Å². The third-order valence-corrected chi connectivity index (χ3v) is 10.6. The quantitative estimate of drug-likeness (QED) is 0.161. The molecule has 0 heterocycles. The Balaban J connectivity index is 1.25. The lowest BCUT2D eigenvalue weighted by Gasteiger charge is -2.20. The van der Waals surface area contributed by atoms with Crippen LogP contribution < -0.4 is 0 Å². The maximum Gasteiger partial charge on any atom is -0.00201 e. The van der Waals surface area contributed by atoms with Gasteiger partial charge >= 0.3 is 0 Å². The molecule has 0 N–H and O–H groups in total. The van der Waals surface area contributed by atoms with E-state index in [0.29, 0.717) is 0 Å². The van der Waals surface area contributed by atoms with Crippen molar-refractivity contribution in [2.24, 2.45) is 0 Å². The fourth-order valence-electron chi connectivity index (χ4n) is 8.28. The summed E-state index contributed by atoms with van der Waals surface area (Å²) in [6, 6.07) is 75.5. The smallest absolute Gasteiger partial charge is 0.00201 e. The van der Waals surface area contributed by atoms with Gasteiger partial charge in [0.15, 0.2) is 0 Å². The van der Waals surface area contributed by atoms with Gasteiger partial charge in [0.05, 0.1) is 0 Å². The Bertz CT molecular complexity index is 2860. The van der Waals surface area contributed by atoms with Gasteiger partial charge < -0.3 is 0 Å². The summed E-state index contributed by atoms with van der Waals surface area (Å²) in [6.45, 7) is 0. The predicted molar refractivity (Wildman–Crippen MR) is 224 cm³/mol. The van der Waals surface area contributed by atoms with Crippen LogP contribution in [0.2, 0.25) is 0 Å². The molecule has 0 atom stereocenters. The second-order valence-corrected chi connectivity index (χ2v) is 13.6. The van der Waals surface area contributed by atoms with Gasteiger partial charge in [-0.3, -0.25) is 0 Å². The minimum atomic E-state index is 1.22. The Morgan fingerprint density at radius 1 is 0.192 bits per heavy atom. The number of hydrogen-bond acceptors (Lipinski definition) is 0. The average molecular weight is 659 g/mol. The highest BCUT2D eigenvalue weighted by Crippen LogP contribution is 2.47. The number of fused-ring (bicyclic) bond motifs is 4. The van der Waals surface area contributed by atoms with E-state index in [1.165, 1.54) is 98.7 Å². The molecule has 0 aliphatic heterocycles. The zero-order chi connectivity index (χ0) is 34.4. The standard InChI is InChI=1S/C52H34/c1-4-16-35(17-5-1)40-32-38-28-29-39(33-50(38)49(34-40)37-20-8-3-9-21-37)51-44-24-12-14-26-46(44)52(47-27-15-13-25-45(47)51)48-31-30-41(36-18-6-2-7-19-36)42-22-10-11-23-43(42)48/h1-34H. The van der Waals surface area contributed by atoms with Crippen LogP contribution in [0.5, 0.6) is 0 Å². The summed E-state index contributed by atoms with van der Waals surface area (Å²) in [5.41, 5.74) is 12.4. The van der Waals surface area contributed by atoms with Gasteiger partial charge in [0.1, 0.15) is 0 Å². The fourth-order valence-corrected chi connectivity index (χ4v) is 8.28. The SMILES string of the molecule is c1ccc(-c2cc(-c3ccccc3)c3cc(-c4c5ccccc5c(-c5ccc(-c6ccccc6)c6ccccc56)c5ccccc45)ccc3c2)cc1. The average Bonchev–Trinajstić information content (AvgIpc) is 3.23. The first-order chi connectivity index (χ1) is 25.8. The van der Waals surface area contributed by atoms with Gasteiger partial charge in [-0.15, -0.1) is 0 Å². The molecule has 0 spiro atoms. The maximum absolute atomic E-state index is 2.42. The summed E-state index contributed by atoms with van der Waals surface area (Å²) in [5.74, 6) is 0. The molecule has 0 radical (unpaired) electrons. The van der Waals surface area contributed by atoms with Crippen molar-refractivity contribution in [2.75, 3.05) is 0 Å². The molecule has 10 rings (SSSR count). The highest BCUT2D eigenvalue weighted by molar-refractivity contribution is 6.24. The first-order valence-electron chi connectivity index (χ1n) is 18.0. The van der Waals surface area contributed by atoms with Crippen LogP contribution in [0.3, 0.4) is 0 Å². The monoisotopic (exact) mass is 658 g/mol. The molecule has 0 heteroatoms. The lowest BCUT2D eigenvalue weighted by atomic mass is 9.83. The van der Waals surface area contributed by atoms with Crippen molar-refractivity contribution < 1.29 is 0 Å². The summed E-state index contributed by atoms with van der Waals surface area (Å²) < 4.78 is 0. The molecule has 0 amide bonds. The minimum absolute atomic E-state index is 1.22. The lowest BCUT2D eigenvalue weighted by Crippen LogP contribution is -1.93. The fraction of sp³-hybridized carbons (Fsp3) is 0. The van der Waals surface area contributed by atoms with Crippen LogP contribution >= 0.6 is 0 Å². The topological polar surface area (TPSA) is 0 Å². The third-order valence-electron chi connectivity index (χ3n) is 10.6. The van der Waals surface area contributed by atoms with Crippen LogP contribution in [-0.2, 0) is 0 Å². The summed E-state index contributed by atoms with van der Waals surface area (Å²) in [5, 5.41) is 10.1. The van der Waals surface area contributed by atoms with E-state index in [9.17, 15) is 0 Å². The van der Waals surface area contributed by atoms with Crippen LogP contribution in [0.4, 0.5) is 0 Å². The van der Waals surface area contributed by atoms with Crippen LogP contribution in [0, 0.1) is 0 Å². The summed E-state index contributed by atoms with van der Waals surface area (Å²) in [4.78, 5) is 0. The number of hydrogen-bond donors (Lipinski definition) is 0. The molecule has 10 aromatic rings. The number of benzene rings is 10. The van der Waals surface area contributed by atoms with E-state index in [4.69, 9.17) is 0 Å². The van der Waals surface area contributed by atoms with E-state index in [0.717, 1.165) is 0 Å². The first-order valence-corrected chi connectivity index (χ1v) is 18.0. The molecule has 10 aromatic carbocycles. The molecule has 0 nitrogen and oxygen atoms in total. The molecule has 0 unspecified atom stereocenters. The highest BCUT2D eigenvalue weighted by atomic mass is 14.2. The van der Waals surface area contributed by atoms with Crippen molar-refractivity contribution in [1.82, 2.24) is 0 Å². The number of rotatable bonds is 5. The Labute approximate surface area is 303 Å². The van der Waals surface area contributed by atoms with Crippen molar-refractivity contribution in [3.63, 3.8) is 0 Å². The Morgan fingerprint density at radius 2 is 0.635 bits per heavy atom. The zero-order valence-corrected chi connectivity index (χ0v) is 28.6. The minimum Gasteiger partial charge on any atom is -0.0622 e. The van der Waals surface area contributed by atoms with Crippen molar-refractivity contribution >= 4 is 43.1 Å². The molecule has 0 aliphatic carbocycles. The maximum atomic E-state index is 2.42. The molecular weight excluding hydrogens is 625 g/mol. The third kappa shape index (κ3) is 5.00. The zero-order valence-electron chi connectivity index (χ0n) is 28.6. The van der Waals surface area contributed by atoms with E-state index in [-0.39, 0.29) is 0 Å². The Morgan fingerprint density at radius 3 is 1.21 bits per heavy atom. The normalized spacial score (nSPS) is 11.5. The molecule has 0 saturated carbocycles. The molecule has 242 valence electrons. The van der Waals surface area contributed by atoms with Crippen molar-refractivity contribution in [3.8, 4) is 55.6 Å². The van der Waals surface area contributed by atoms with Crippen molar-refractivity contribution in [2.45, 2.75) is 0 Å². The van der Waals surface area contributed by atoms with Crippen LogP contribution in [0.25, 0.3) is 98.7 Å². The van der Waals surface area contributed by atoms with Gasteiger partial charge in [-0.05, 0) is 117 Å². The van der Waals surface area contributed by atoms with Gasteiger partial charge in [-0.1, -0.05) is 188 Å². The second kappa shape index (κ2) is 12.5. The van der Waals surface area contributed by atoms with Gasteiger partial charge in [-0.2, -0.15) is 0 Å². The summed E-state index contributed by atoms with van der Waals surface area (Å²) in [7, 11) is 0. The molecule has 52 heavy (non-hydrogen) atoms. The van der Waals surface area contributed by atoms with Crippen LogP contribution in [0.1, 0.15) is 0 Å². The van der Waals surface area contributed by atoms with E-state index in [1.807, 2.05) is 0 Å². The molecular formula is C52H34. The molecule has 0 saturated heterocycles. The van der Waals surface area contributed by atoms with Gasteiger partial charge in [0.2, 0.25) is 0 Å². The van der Waals surface area contributed by atoms with Crippen LogP contribution in [0.15, 0.2) is 206 Å². The van der Waals surface area contributed by atoms with Crippen molar-refractivity contribution in [3.05, 3.63) is 206 Å². The van der Waals surface area contributed by atoms with E-state index in [2.05, 4.69) is 206 Å². The van der Waals surface area contributed by atoms with E-state index >= 15 is 0 Å². The predicted octanol–water partition coefficient (Wildman–Crippen LogP) is 14.6. The van der Waals surface area contributed by atoms with E-state index in [1.54, 1.807) is 0 Å². The molecule has 0 aliphatic rings. The van der Waals surface area contributed by atoms with E-state index < -0.39 is 0 Å². The summed E-state index contributed by atoms with van der Waals surface area (Å²) >= 11 is 0. The highest BCUT2D eigenvalue weighted by Gasteiger charge is 2.20. The molecule has 0 bridgehead atoms. The molecule has 0 fully saturated rings. The lowest BCUT2D eigenvalue weighted by molar-refractivity contribution is 1.61. The van der Waals surface area contributed by atoms with Crippen molar-refractivity contribution in [1.29, 1.82) is 0 Å². The Kier molecular flexibility index (Phi) is 7.25. The van der Waals surface area contributed by atoms with Gasteiger partial charge in [0.25, 0.3) is 0 Å².